The average Bonchev–Trinajstić information content (AvgIpc) is 1.62. The first-order chi connectivity index (χ1) is 44.8. The number of ether oxygens (including phenoxy) is 4. The van der Waals surface area contributed by atoms with E-state index in [1.54, 1.807) is 0 Å². The molecule has 0 saturated carbocycles. The number of anilines is 4. The van der Waals surface area contributed by atoms with Crippen LogP contribution in [0.1, 0.15) is 45.7 Å². The number of alkyl halides is 2. The van der Waals surface area contributed by atoms with Gasteiger partial charge in [0.1, 0.15) is 108 Å². The molecule has 12 N–H and O–H groups in total. The highest BCUT2D eigenvalue weighted by atomic mass is 32.7. The first-order valence-corrected chi connectivity index (χ1v) is 41.8. The van der Waals surface area contributed by atoms with Crippen LogP contribution in [0.4, 0.5) is 32.1 Å². The van der Waals surface area contributed by atoms with Crippen molar-refractivity contribution < 1.29 is 92.7 Å². The van der Waals surface area contributed by atoms with Crippen LogP contribution in [0, 0.1) is 0 Å². The molecule has 0 aromatic carbocycles. The largest absolute Gasteiger partial charge is 0.408 e. The second-order valence-corrected chi connectivity index (χ2v) is 39.7. The van der Waals surface area contributed by atoms with E-state index < -0.39 is 160 Å². The van der Waals surface area contributed by atoms with Gasteiger partial charge in [-0.15, -0.1) is 0 Å². The van der Waals surface area contributed by atoms with Crippen molar-refractivity contribution >= 4 is 151 Å². The Kier molecular flexibility index (Phi) is 18.7. The fourth-order valence-corrected chi connectivity index (χ4v) is 18.1. The van der Waals surface area contributed by atoms with Crippen molar-refractivity contribution in [2.24, 2.45) is 0 Å². The molecule has 4 bridgehead atoms. The lowest BCUT2D eigenvalue weighted by molar-refractivity contribution is -0.0602. The molecule has 0 spiro atoms. The number of nitrogen functional groups attached to an aromatic ring is 4. The highest BCUT2D eigenvalue weighted by molar-refractivity contribution is 8.44. The standard InChI is InChI=1S/C26H37FN10O9P2S2Si.C20H23FN10O9P2S2/c1-26(2,3)51(4,5)46-18-13-7-41-47(38,49)44-17-12(42-24(14(17)27)36-10-34-15-20(28)30-8-32-22(15)36)6-40-48(39,50)45-19(18)25(43-13)37-11-35-16-21(29)31-9-33-23(16)37;21-9-13-8(38-19(9)30-5-28-10-15(22)24-3-26-17(10)30)2-36-42(34,44)40-14-12(32)7(1-35-41(33,43)39-13)37-20(14)31-6-29-11-16(23)25-4-27-18(11)31/h8-14,17-19,24-25H,6-7H2,1-5H3,(H,38,49)(H,39,50)(H2,28,30,32)(H2,29,31,33);3-9,12-14,19-20,32H,1-2H2,(H,33,43)(H,34,44)(H2,22,24,26)(H2,23,25,27)/t12-,13-,14-,17-,18-,19-,24-,25-,47?,48?;7-,8-,9-,12-,13-,14-,19-,20-,41?,42?/m11/s1. The number of rotatable bonds is 6. The first-order valence-electron chi connectivity index (χ1n) is 28.4. The number of hydrogen-bond donors (Lipinski definition) is 9. The van der Waals surface area contributed by atoms with Crippen molar-refractivity contribution in [1.29, 1.82) is 0 Å². The highest BCUT2D eigenvalue weighted by Gasteiger charge is 2.58. The van der Waals surface area contributed by atoms with Crippen LogP contribution in [-0.4, -0.2) is 206 Å². The molecular formula is C46H60F2N20O18P4S4Si. The Labute approximate surface area is 555 Å². The van der Waals surface area contributed by atoms with Gasteiger partial charge in [-0.3, -0.25) is 40.9 Å². The van der Waals surface area contributed by atoms with Gasteiger partial charge in [0.15, 0.2) is 91.4 Å². The summed E-state index contributed by atoms with van der Waals surface area (Å²) in [4.78, 5) is 82.6. The Morgan fingerprint density at radius 1 is 0.516 bits per heavy atom. The maximum Gasteiger partial charge on any atom is 0.386 e. The number of fused-ring (bicyclic) bond motifs is 10. The Balaban J connectivity index is 0.000000174. The van der Waals surface area contributed by atoms with Crippen LogP contribution in [-0.2, 0) is 99.5 Å². The van der Waals surface area contributed by atoms with Gasteiger partial charge in [-0.1, -0.05) is 33.0 Å². The summed E-state index contributed by atoms with van der Waals surface area (Å²) < 4.78 is 129. The predicted octanol–water partition coefficient (Wildman–Crippen LogP) is 3.00. The van der Waals surface area contributed by atoms with Gasteiger partial charge in [0.25, 0.3) is 0 Å². The van der Waals surface area contributed by atoms with Crippen molar-refractivity contribution in [3.63, 3.8) is 0 Å². The zero-order chi connectivity index (χ0) is 67.6. The van der Waals surface area contributed by atoms with Crippen molar-refractivity contribution in [1.82, 2.24) is 78.1 Å². The SMILES string of the molecule is CC(C)(C)[Si](C)(C)O[C@H]1[C@H]2OP(=O)(S)OC[C@H]3O[C@@H](n4cnc5c(N)ncnc54)[C@H](F)[C@@H]3OP(O)(=S)OC[C@H]1O[C@H]2n1cnc2c(N)ncnc21.Nc1ncnc2c1ncn2[C@@H]1O[C@@H]2COP(O)(=S)O[C@@H]3[C@H](O)[C@@H](COP(O)(=S)O[C@H]2[C@H]1F)O[C@H]3n1cnc2c(N)ncnc21. The number of imidazole rings is 4. The Bertz CT molecular complexity index is 4440. The molecule has 14 heterocycles. The lowest BCUT2D eigenvalue weighted by atomic mass is 10.1. The van der Waals surface area contributed by atoms with Gasteiger partial charge in [-0.2, -0.15) is 0 Å². The molecule has 20 atom stereocenters. The molecule has 4 unspecified atom stereocenters. The zero-order valence-corrected chi connectivity index (χ0v) is 57.8. The quantitative estimate of drug-likeness (QED) is 0.0656. The molecule has 0 aliphatic carbocycles. The van der Waals surface area contributed by atoms with Crippen LogP contribution in [0.5, 0.6) is 0 Å². The monoisotopic (exact) mass is 1500 g/mol. The Hall–Kier alpha value is -4.67. The third kappa shape index (κ3) is 13.4. The third-order valence-electron chi connectivity index (χ3n) is 16.6. The molecule has 8 aromatic heterocycles. The molecular weight excluding hydrogens is 1440 g/mol. The summed E-state index contributed by atoms with van der Waals surface area (Å²) in [6, 6.07) is 0. The third-order valence-corrected chi connectivity index (χ3v) is 27.4. The molecule has 49 heteroatoms. The highest BCUT2D eigenvalue weighted by Crippen LogP contribution is 2.60. The molecule has 95 heavy (non-hydrogen) atoms. The van der Waals surface area contributed by atoms with Crippen LogP contribution in [0.25, 0.3) is 44.7 Å². The van der Waals surface area contributed by atoms with E-state index in [1.807, 2.05) is 33.9 Å². The second kappa shape index (κ2) is 25.8. The summed E-state index contributed by atoms with van der Waals surface area (Å²) in [5.74, 6) is 0.364. The van der Waals surface area contributed by atoms with E-state index >= 15 is 8.78 Å². The molecule has 0 radical (unpaired) electrons. The predicted molar refractivity (Wildman–Crippen MR) is 342 cm³/mol. The molecule has 0 amide bonds. The topological polar surface area (TPSA) is 496 Å². The van der Waals surface area contributed by atoms with Gasteiger partial charge in [0, 0.05) is 0 Å². The molecule has 6 saturated heterocycles. The van der Waals surface area contributed by atoms with E-state index in [0.717, 1.165) is 0 Å². The van der Waals surface area contributed by atoms with Crippen molar-refractivity contribution in [3.8, 4) is 0 Å². The smallest absolute Gasteiger partial charge is 0.386 e. The van der Waals surface area contributed by atoms with Crippen LogP contribution in [0.2, 0.25) is 18.1 Å². The number of hydrogen-bond acceptors (Lipinski definition) is 34. The van der Waals surface area contributed by atoms with Crippen LogP contribution in [0.15, 0.2) is 50.6 Å². The van der Waals surface area contributed by atoms with Gasteiger partial charge in [-0.05, 0) is 53.6 Å². The molecule has 38 nitrogen and oxygen atoms in total. The van der Waals surface area contributed by atoms with E-state index in [0.29, 0.717) is 11.2 Å². The lowest BCUT2D eigenvalue weighted by Gasteiger charge is -2.40. The van der Waals surface area contributed by atoms with Crippen LogP contribution >= 0.6 is 39.2 Å². The second-order valence-electron chi connectivity index (χ2n) is 23.7. The number of aromatic nitrogens is 16. The normalized spacial score (nSPS) is 36.7. The summed E-state index contributed by atoms with van der Waals surface area (Å²) in [5.41, 5.74) is 25.6. The minimum absolute atomic E-state index is 0.0682. The molecule has 514 valence electrons. The summed E-state index contributed by atoms with van der Waals surface area (Å²) in [5, 5.41) is 10.8. The van der Waals surface area contributed by atoms with E-state index in [9.17, 15) is 24.4 Å². The maximum atomic E-state index is 16.3. The zero-order valence-electron chi connectivity index (χ0n) is 49.9. The lowest BCUT2D eigenvalue weighted by Crippen LogP contribution is -2.50. The van der Waals surface area contributed by atoms with E-state index in [4.69, 9.17) is 118 Å². The van der Waals surface area contributed by atoms with Crippen molar-refractivity contribution in [3.05, 3.63) is 50.6 Å². The molecule has 6 aliphatic rings. The van der Waals surface area contributed by atoms with Gasteiger partial charge in [0.05, 0.1) is 51.7 Å². The Morgan fingerprint density at radius 2 is 0.842 bits per heavy atom. The number of nitrogens with two attached hydrogens (primary N) is 4. The number of aliphatic hydroxyl groups is 1. The van der Waals surface area contributed by atoms with Gasteiger partial charge in [0.2, 0.25) is 0 Å². The number of nitrogens with zero attached hydrogens (tertiary/aromatic N) is 16. The maximum absolute atomic E-state index is 16.3. The molecule has 6 fully saturated rings. The molecule has 8 aromatic rings. The average molecular weight is 1500 g/mol. The molecule has 14 rings (SSSR count). The van der Waals surface area contributed by atoms with E-state index in [1.165, 1.54) is 68.9 Å². The minimum atomic E-state index is -4.35. The number of aliphatic hydroxyl groups excluding tert-OH is 1. The van der Waals surface area contributed by atoms with Crippen molar-refractivity contribution in [2.45, 2.75) is 137 Å². The van der Waals surface area contributed by atoms with Crippen LogP contribution in [0.3, 0.4) is 0 Å². The first kappa shape index (κ1) is 68.8. The van der Waals surface area contributed by atoms with Crippen molar-refractivity contribution in [2.75, 3.05) is 49.4 Å². The van der Waals surface area contributed by atoms with E-state index in [-0.39, 0.29) is 61.8 Å². The van der Waals surface area contributed by atoms with E-state index in [2.05, 4.69) is 72.1 Å². The van der Waals surface area contributed by atoms with Crippen LogP contribution < -0.4 is 22.9 Å². The Morgan fingerprint density at radius 3 is 1.24 bits per heavy atom. The summed E-state index contributed by atoms with van der Waals surface area (Å²) >= 11 is 20.1. The number of thiol groups is 1. The fourth-order valence-electron chi connectivity index (χ4n) is 11.0. The summed E-state index contributed by atoms with van der Waals surface area (Å²) in [6.45, 7) is -8.93. The summed E-state index contributed by atoms with van der Waals surface area (Å²) in [7, 11) is -2.63. The fraction of sp³-hybridized carbons (Fsp3) is 0.565. The summed E-state index contributed by atoms with van der Waals surface area (Å²) in [6.07, 6.45) is -11.9. The van der Waals surface area contributed by atoms with Gasteiger partial charge >= 0.3 is 27.0 Å². The number of halogens is 2. The minimum Gasteiger partial charge on any atom is -0.408 e. The van der Waals surface area contributed by atoms with Gasteiger partial charge < -0.3 is 79.7 Å². The molecule has 6 aliphatic heterocycles. The van der Waals surface area contributed by atoms with Gasteiger partial charge in [-0.25, -0.2) is 73.2 Å².